The molecule has 31 heavy (non-hydrogen) atoms. The van der Waals surface area contributed by atoms with Crippen molar-refractivity contribution in [3.63, 3.8) is 0 Å². The molecule has 0 radical (unpaired) electrons. The summed E-state index contributed by atoms with van der Waals surface area (Å²) in [5.41, 5.74) is 2.28. The zero-order valence-electron chi connectivity index (χ0n) is 17.1. The number of carbonyl (C=O) groups is 1. The van der Waals surface area contributed by atoms with Gasteiger partial charge in [-0.1, -0.05) is 35.3 Å². The van der Waals surface area contributed by atoms with Crippen molar-refractivity contribution in [3.8, 4) is 11.5 Å². The topological polar surface area (TPSA) is 59.0 Å². The number of benzene rings is 2. The van der Waals surface area contributed by atoms with Gasteiger partial charge in [-0.3, -0.25) is 4.79 Å². The van der Waals surface area contributed by atoms with Gasteiger partial charge in [-0.25, -0.2) is 0 Å². The van der Waals surface area contributed by atoms with E-state index in [1.54, 1.807) is 6.07 Å². The molecule has 0 aliphatic carbocycles. The molecule has 1 N–H and O–H groups in total. The number of aliphatic carboxylic acids is 1. The second-order valence-electron chi connectivity index (χ2n) is 8.05. The first-order valence-corrected chi connectivity index (χ1v) is 11.0. The van der Waals surface area contributed by atoms with Gasteiger partial charge in [-0.15, -0.1) is 12.4 Å². The molecule has 2 aliphatic heterocycles. The minimum atomic E-state index is -0.740. The minimum absolute atomic E-state index is 0. The summed E-state index contributed by atoms with van der Waals surface area (Å²) in [5.74, 6) is 0.946. The predicted molar refractivity (Wildman–Crippen MR) is 124 cm³/mol. The Kier molecular flexibility index (Phi) is 7.98. The molecular formula is C23H26Cl3NO4. The van der Waals surface area contributed by atoms with Gasteiger partial charge in [0.2, 0.25) is 0 Å². The summed E-state index contributed by atoms with van der Waals surface area (Å²) in [6.45, 7) is 3.61. The molecular weight excluding hydrogens is 461 g/mol. The maximum Gasteiger partial charge on any atom is 0.304 e. The normalized spacial score (nSPS) is 17.0. The standard InChI is InChI=1S/C23H25Cl2NO4.ClH/c24-17-2-1-16(20(25)13-17)6-12-29-18-3-4-19-21(14-18)30-15-23(19)7-10-26(11-8-23)9-5-22(27)28;/h1-4,13-14H,5-12,15H2,(H,27,28);1H. The highest BCUT2D eigenvalue weighted by atomic mass is 35.5. The quantitative estimate of drug-likeness (QED) is 0.580. The zero-order valence-corrected chi connectivity index (χ0v) is 19.4. The van der Waals surface area contributed by atoms with Gasteiger partial charge in [0, 0.05) is 40.1 Å². The fraction of sp³-hybridized carbons (Fsp3) is 0.435. The van der Waals surface area contributed by atoms with Gasteiger partial charge in [-0.2, -0.15) is 0 Å². The highest BCUT2D eigenvalue weighted by Crippen LogP contribution is 2.46. The average Bonchev–Trinajstić information content (AvgIpc) is 3.07. The Labute approximate surface area is 198 Å². The van der Waals surface area contributed by atoms with Gasteiger partial charge in [0.05, 0.1) is 19.6 Å². The van der Waals surface area contributed by atoms with Crippen LogP contribution in [0.5, 0.6) is 11.5 Å². The summed E-state index contributed by atoms with van der Waals surface area (Å²) < 4.78 is 12.0. The lowest BCUT2D eigenvalue weighted by Crippen LogP contribution is -2.44. The fourth-order valence-electron chi connectivity index (χ4n) is 4.32. The molecule has 168 valence electrons. The molecule has 0 amide bonds. The third kappa shape index (κ3) is 5.58. The molecule has 2 heterocycles. The van der Waals surface area contributed by atoms with Crippen LogP contribution in [-0.2, 0) is 16.6 Å². The molecule has 0 bridgehead atoms. The summed E-state index contributed by atoms with van der Waals surface area (Å²) in [4.78, 5) is 13.0. The Morgan fingerprint density at radius 2 is 1.94 bits per heavy atom. The van der Waals surface area contributed by atoms with Crippen molar-refractivity contribution in [1.29, 1.82) is 0 Å². The number of ether oxygens (including phenoxy) is 2. The number of nitrogens with zero attached hydrogens (tertiary/aromatic N) is 1. The predicted octanol–water partition coefficient (Wildman–Crippen LogP) is 5.24. The van der Waals surface area contributed by atoms with Gasteiger partial charge < -0.3 is 19.5 Å². The highest BCUT2D eigenvalue weighted by Gasteiger charge is 2.43. The number of piperidine rings is 1. The number of halogens is 3. The Morgan fingerprint density at radius 3 is 2.65 bits per heavy atom. The number of fused-ring (bicyclic) bond motifs is 2. The first-order valence-electron chi connectivity index (χ1n) is 10.2. The van der Waals surface area contributed by atoms with Crippen LogP contribution in [0.3, 0.4) is 0 Å². The largest absolute Gasteiger partial charge is 0.493 e. The van der Waals surface area contributed by atoms with Crippen LogP contribution in [0.1, 0.15) is 30.4 Å². The maximum absolute atomic E-state index is 10.8. The van der Waals surface area contributed by atoms with E-state index >= 15 is 0 Å². The Hall–Kier alpha value is -1.66. The molecule has 2 aromatic rings. The Morgan fingerprint density at radius 1 is 1.16 bits per heavy atom. The SMILES string of the molecule is Cl.O=C(O)CCN1CCC2(CC1)COc1cc(OCCc3ccc(Cl)cc3Cl)ccc12. The number of carboxylic acid groups (broad SMARTS) is 1. The molecule has 2 aromatic carbocycles. The van der Waals surface area contributed by atoms with Crippen LogP contribution in [0.25, 0.3) is 0 Å². The van der Waals surface area contributed by atoms with Crippen molar-refractivity contribution >= 4 is 41.6 Å². The summed E-state index contributed by atoms with van der Waals surface area (Å²) in [6, 6.07) is 11.6. The Balaban J connectivity index is 0.00000272. The second-order valence-corrected chi connectivity index (χ2v) is 8.89. The van der Waals surface area contributed by atoms with Crippen LogP contribution in [0, 0.1) is 0 Å². The van der Waals surface area contributed by atoms with E-state index in [1.807, 2.05) is 24.3 Å². The lowest BCUT2D eigenvalue weighted by molar-refractivity contribution is -0.137. The summed E-state index contributed by atoms with van der Waals surface area (Å²) >= 11 is 12.2. The molecule has 1 saturated heterocycles. The van der Waals surface area contributed by atoms with Crippen LogP contribution in [0.4, 0.5) is 0 Å². The molecule has 1 fully saturated rings. The van der Waals surface area contributed by atoms with Crippen LogP contribution < -0.4 is 9.47 Å². The smallest absolute Gasteiger partial charge is 0.304 e. The molecule has 0 unspecified atom stereocenters. The van der Waals surface area contributed by atoms with Crippen molar-refractivity contribution in [2.45, 2.75) is 31.1 Å². The third-order valence-corrected chi connectivity index (χ3v) is 6.73. The summed E-state index contributed by atoms with van der Waals surface area (Å²) in [6.07, 6.45) is 2.86. The Bertz CT molecular complexity index is 929. The molecule has 4 rings (SSSR count). The van der Waals surface area contributed by atoms with Crippen LogP contribution in [0.15, 0.2) is 36.4 Å². The summed E-state index contributed by atoms with van der Waals surface area (Å²) in [5, 5.41) is 10.2. The van der Waals surface area contributed by atoms with Crippen molar-refractivity contribution in [3.05, 3.63) is 57.6 Å². The van der Waals surface area contributed by atoms with Gasteiger partial charge in [0.15, 0.2) is 0 Å². The molecule has 0 aromatic heterocycles. The molecule has 0 saturated carbocycles. The first kappa shape index (κ1) is 24.0. The van der Waals surface area contributed by atoms with E-state index in [2.05, 4.69) is 11.0 Å². The van der Waals surface area contributed by atoms with Crippen LogP contribution in [0.2, 0.25) is 10.0 Å². The van der Waals surface area contributed by atoms with Gasteiger partial charge in [0.1, 0.15) is 11.5 Å². The van der Waals surface area contributed by atoms with E-state index in [1.165, 1.54) is 5.56 Å². The van der Waals surface area contributed by atoms with Crippen molar-refractivity contribution in [2.24, 2.45) is 0 Å². The van der Waals surface area contributed by atoms with Crippen LogP contribution >= 0.6 is 35.6 Å². The molecule has 2 aliphatic rings. The molecule has 1 spiro atoms. The number of likely N-dealkylation sites (tertiary alicyclic amines) is 1. The lowest BCUT2D eigenvalue weighted by Gasteiger charge is -2.38. The number of hydrogen-bond donors (Lipinski definition) is 1. The van der Waals surface area contributed by atoms with Crippen molar-refractivity contribution < 1.29 is 19.4 Å². The van der Waals surface area contributed by atoms with E-state index in [0.29, 0.717) is 36.2 Å². The maximum atomic E-state index is 10.8. The zero-order chi connectivity index (χ0) is 21.1. The van der Waals surface area contributed by atoms with Crippen molar-refractivity contribution in [2.75, 3.05) is 32.8 Å². The monoisotopic (exact) mass is 485 g/mol. The van der Waals surface area contributed by atoms with Gasteiger partial charge >= 0.3 is 5.97 Å². The molecule has 5 nitrogen and oxygen atoms in total. The molecule has 0 atom stereocenters. The summed E-state index contributed by atoms with van der Waals surface area (Å²) in [7, 11) is 0. The minimum Gasteiger partial charge on any atom is -0.493 e. The second kappa shape index (κ2) is 10.3. The van der Waals surface area contributed by atoms with E-state index in [0.717, 1.165) is 43.0 Å². The highest BCUT2D eigenvalue weighted by molar-refractivity contribution is 6.35. The third-order valence-electron chi connectivity index (χ3n) is 6.14. The molecule has 8 heteroatoms. The number of carboxylic acids is 1. The lowest BCUT2D eigenvalue weighted by atomic mass is 9.74. The van der Waals surface area contributed by atoms with E-state index < -0.39 is 5.97 Å². The van der Waals surface area contributed by atoms with E-state index in [9.17, 15) is 4.79 Å². The van der Waals surface area contributed by atoms with Crippen molar-refractivity contribution in [1.82, 2.24) is 4.90 Å². The van der Waals surface area contributed by atoms with Gasteiger partial charge in [0.25, 0.3) is 0 Å². The first-order chi connectivity index (χ1) is 14.4. The number of hydrogen-bond acceptors (Lipinski definition) is 4. The van der Waals surface area contributed by atoms with Crippen LogP contribution in [-0.4, -0.2) is 48.8 Å². The number of rotatable bonds is 7. The van der Waals surface area contributed by atoms with E-state index in [-0.39, 0.29) is 24.2 Å². The van der Waals surface area contributed by atoms with E-state index in [4.69, 9.17) is 37.8 Å². The average molecular weight is 487 g/mol. The van der Waals surface area contributed by atoms with Gasteiger partial charge in [-0.05, 0) is 49.7 Å². The fourth-order valence-corrected chi connectivity index (χ4v) is 4.82.